The van der Waals surface area contributed by atoms with E-state index in [1.807, 2.05) is 0 Å². The summed E-state index contributed by atoms with van der Waals surface area (Å²) in [6.07, 6.45) is 0. The van der Waals surface area contributed by atoms with E-state index in [9.17, 15) is 0 Å². The maximum Gasteiger partial charge on any atom is 2.00 e. The van der Waals surface area contributed by atoms with Crippen LogP contribution in [0.5, 0.6) is 0 Å². The van der Waals surface area contributed by atoms with E-state index < -0.39 is 10.4 Å². The molecule has 7 heteroatoms. The monoisotopic (exact) mass is 272 g/mol. The van der Waals surface area contributed by atoms with Gasteiger partial charge < -0.3 is 2.85 Å². The first kappa shape index (κ1) is 15.9. The molecule has 1 atom stereocenters. The molecule has 1 unspecified atom stereocenters. The minimum Gasteiger partial charge on any atom is -1.00 e. The van der Waals surface area contributed by atoms with Gasteiger partial charge in [-0.15, -0.1) is 0 Å². The zero-order valence-electron chi connectivity index (χ0n) is 5.53. The Morgan fingerprint density at radius 2 is 1.29 bits per heavy atom. The third kappa shape index (κ3) is 77.5. The molecule has 7 heavy (non-hydrogen) atoms. The van der Waals surface area contributed by atoms with Crippen molar-refractivity contribution in [1.82, 2.24) is 0 Å². The Kier molecular flexibility index (Phi) is 13.7. The van der Waals surface area contributed by atoms with E-state index in [2.05, 4.69) is 0 Å². The Morgan fingerprint density at radius 1 is 1.29 bits per heavy atom. The smallest absolute Gasteiger partial charge is 1.00 e. The SMILES string of the molecule is O=S(=O)(O)O.P.[Ba+2].[H-].[H-]. The Morgan fingerprint density at radius 3 is 1.29 bits per heavy atom. The van der Waals surface area contributed by atoms with Crippen molar-refractivity contribution in [2.24, 2.45) is 0 Å². The Labute approximate surface area is 88.3 Å². The summed E-state index contributed by atoms with van der Waals surface area (Å²) >= 11 is 0. The largest absolute Gasteiger partial charge is 2.00 e. The predicted molar refractivity (Wildman–Crippen MR) is 33.3 cm³/mol. The molecule has 0 spiro atoms. The first-order valence-electron chi connectivity index (χ1n) is 0.698. The van der Waals surface area contributed by atoms with Gasteiger partial charge in [0.15, 0.2) is 0 Å². The molecule has 0 saturated heterocycles. The molecule has 0 aromatic carbocycles. The van der Waals surface area contributed by atoms with Crippen molar-refractivity contribution in [2.75, 3.05) is 0 Å². The molecule has 0 heterocycles. The quantitative estimate of drug-likeness (QED) is 0.345. The van der Waals surface area contributed by atoms with Gasteiger partial charge in [-0.1, -0.05) is 0 Å². The fourth-order valence-electron chi connectivity index (χ4n) is 0. The van der Waals surface area contributed by atoms with E-state index in [1.165, 1.54) is 0 Å². The van der Waals surface area contributed by atoms with Crippen LogP contribution < -0.4 is 0 Å². The second-order valence-electron chi connectivity index (χ2n) is 0.448. The van der Waals surface area contributed by atoms with Gasteiger partial charge in [-0.2, -0.15) is 18.3 Å². The summed E-state index contributed by atoms with van der Waals surface area (Å²) in [5, 5.41) is 0. The average Bonchev–Trinajstić information content (AvgIpc) is 0.722. The van der Waals surface area contributed by atoms with Crippen molar-refractivity contribution in [3.63, 3.8) is 0 Å². The van der Waals surface area contributed by atoms with Crippen LogP contribution in [0.1, 0.15) is 2.85 Å². The van der Waals surface area contributed by atoms with Crippen LogP contribution in [0.25, 0.3) is 0 Å². The summed E-state index contributed by atoms with van der Waals surface area (Å²) in [4.78, 5) is 0. The first-order chi connectivity index (χ1) is 2.00. The van der Waals surface area contributed by atoms with Crippen molar-refractivity contribution < 1.29 is 20.4 Å². The van der Waals surface area contributed by atoms with E-state index in [0.29, 0.717) is 0 Å². The first-order valence-corrected chi connectivity index (χ1v) is 2.10. The Balaban J connectivity index is -0.0000000133. The van der Waals surface area contributed by atoms with Gasteiger partial charge in [-0.3, -0.25) is 9.11 Å². The molecule has 0 bridgehead atoms. The zero-order valence-corrected chi connectivity index (χ0v) is 10.2. The molecule has 44 valence electrons. The second kappa shape index (κ2) is 6.00. The predicted octanol–water partition coefficient (Wildman–Crippen LogP) is -0.750. The van der Waals surface area contributed by atoms with Gasteiger partial charge in [0.25, 0.3) is 0 Å². The van der Waals surface area contributed by atoms with Crippen LogP contribution >= 0.6 is 9.90 Å². The van der Waals surface area contributed by atoms with Crippen molar-refractivity contribution in [1.29, 1.82) is 0 Å². The maximum atomic E-state index is 8.74. The molecule has 0 radical (unpaired) electrons. The van der Waals surface area contributed by atoms with E-state index in [4.69, 9.17) is 17.5 Å². The molecular weight excluding hydrogens is 264 g/mol. The number of hydrogen-bond donors (Lipinski definition) is 2. The summed E-state index contributed by atoms with van der Waals surface area (Å²) in [6.45, 7) is 0. The van der Waals surface area contributed by atoms with Crippen LogP contribution in [0.15, 0.2) is 0 Å². The summed E-state index contributed by atoms with van der Waals surface area (Å²) in [5.41, 5.74) is 0. The summed E-state index contributed by atoms with van der Waals surface area (Å²) in [5.74, 6) is 0. The van der Waals surface area contributed by atoms with Crippen LogP contribution in [-0.2, 0) is 10.4 Å². The molecular formula is H7BaO4PS. The van der Waals surface area contributed by atoms with Gasteiger partial charge in [-0.05, 0) is 0 Å². The van der Waals surface area contributed by atoms with Gasteiger partial charge in [0.2, 0.25) is 0 Å². The molecule has 4 nitrogen and oxygen atoms in total. The van der Waals surface area contributed by atoms with Crippen molar-refractivity contribution >= 4 is 69.2 Å². The zero-order chi connectivity index (χ0) is 4.50. The van der Waals surface area contributed by atoms with Gasteiger partial charge in [0, 0.05) is 0 Å². The molecule has 0 aromatic rings. The van der Waals surface area contributed by atoms with Crippen LogP contribution in [0.4, 0.5) is 0 Å². The third-order valence-electron chi connectivity index (χ3n) is 0. The normalized spacial score (nSPS) is 8.29. The summed E-state index contributed by atoms with van der Waals surface area (Å²) in [7, 11) is -4.67. The van der Waals surface area contributed by atoms with Crippen molar-refractivity contribution in [2.45, 2.75) is 0 Å². The average molecular weight is 271 g/mol. The van der Waals surface area contributed by atoms with Gasteiger partial charge in [-0.25, -0.2) is 0 Å². The van der Waals surface area contributed by atoms with Crippen LogP contribution in [0.3, 0.4) is 0 Å². The molecule has 0 amide bonds. The van der Waals surface area contributed by atoms with Gasteiger partial charge in [0.1, 0.15) is 0 Å². The Bertz CT molecular complexity index is 102. The van der Waals surface area contributed by atoms with Gasteiger partial charge >= 0.3 is 59.3 Å². The molecule has 2 N–H and O–H groups in total. The topological polar surface area (TPSA) is 74.6 Å². The summed E-state index contributed by atoms with van der Waals surface area (Å²) < 4.78 is 31.6. The van der Waals surface area contributed by atoms with E-state index >= 15 is 0 Å². The van der Waals surface area contributed by atoms with E-state index in [0.717, 1.165) is 0 Å². The fourth-order valence-corrected chi connectivity index (χ4v) is 0. The molecule has 0 aliphatic carbocycles. The van der Waals surface area contributed by atoms with Crippen LogP contribution in [0.2, 0.25) is 0 Å². The summed E-state index contributed by atoms with van der Waals surface area (Å²) in [6, 6.07) is 0. The fraction of sp³-hybridized carbons (Fsp3) is 0. The molecule has 0 saturated carbocycles. The standard InChI is InChI=1S/Ba.H2O4S.H3P.2H/c;1-5(2,3)4;;;/h;(H2,1,2,3,4);1H3;;/q+2;;;2*-1. The van der Waals surface area contributed by atoms with Crippen molar-refractivity contribution in [3.05, 3.63) is 0 Å². The molecule has 0 fully saturated rings. The minimum atomic E-state index is -4.67. The number of rotatable bonds is 0. The molecule has 0 aromatic heterocycles. The van der Waals surface area contributed by atoms with E-state index in [1.54, 1.807) is 0 Å². The van der Waals surface area contributed by atoms with Crippen LogP contribution in [-0.4, -0.2) is 66.4 Å². The number of hydrogen-bond acceptors (Lipinski definition) is 2. The van der Waals surface area contributed by atoms with E-state index in [-0.39, 0.29) is 61.6 Å². The Hall–Kier alpha value is 1.87. The van der Waals surface area contributed by atoms with Crippen LogP contribution in [0, 0.1) is 0 Å². The third-order valence-corrected chi connectivity index (χ3v) is 0. The van der Waals surface area contributed by atoms with Gasteiger partial charge in [0.05, 0.1) is 0 Å². The molecule has 0 aliphatic rings. The minimum absolute atomic E-state index is 0. The molecule has 0 rings (SSSR count). The molecule has 0 aliphatic heterocycles. The van der Waals surface area contributed by atoms with Crippen molar-refractivity contribution in [3.8, 4) is 0 Å². The maximum absolute atomic E-state index is 8.74. The second-order valence-corrected chi connectivity index (χ2v) is 1.34.